The third kappa shape index (κ3) is 5.35. The van der Waals surface area contributed by atoms with E-state index in [9.17, 15) is 22.8 Å². The Labute approximate surface area is 213 Å². The summed E-state index contributed by atoms with van der Waals surface area (Å²) in [5.74, 6) is -1.79. The summed E-state index contributed by atoms with van der Waals surface area (Å²) in [7, 11) is 1.96. The molecule has 0 unspecified atom stereocenters. The monoisotopic (exact) mass is 534 g/mol. The van der Waals surface area contributed by atoms with Gasteiger partial charge in [0.2, 0.25) is 5.56 Å². The molecule has 0 aliphatic carbocycles. The van der Waals surface area contributed by atoms with Crippen LogP contribution in [-0.4, -0.2) is 53.0 Å². The highest BCUT2D eigenvalue weighted by molar-refractivity contribution is 7.15. The van der Waals surface area contributed by atoms with Crippen molar-refractivity contribution < 1.29 is 22.4 Å². The fourth-order valence-corrected chi connectivity index (χ4v) is 4.95. The number of nitrogens with one attached hydrogen (secondary N) is 2. The molecular formula is C24H22F4N6O2S. The summed E-state index contributed by atoms with van der Waals surface area (Å²) in [6, 6.07) is 4.89. The number of aromatic nitrogens is 2. The highest BCUT2D eigenvalue weighted by Gasteiger charge is 2.36. The average Bonchev–Trinajstić information content (AvgIpc) is 3.31. The van der Waals surface area contributed by atoms with Crippen molar-refractivity contribution in [2.24, 2.45) is 0 Å². The molecule has 37 heavy (non-hydrogen) atoms. The zero-order chi connectivity index (χ0) is 27.1. The molecule has 3 aromatic rings. The molecule has 0 radical (unpaired) electrons. The zero-order valence-corrected chi connectivity index (χ0v) is 20.8. The Bertz CT molecular complexity index is 1430. The molecule has 8 nitrogen and oxygen atoms in total. The standard InChI is InChI=1S/C24H22F4N6O2S/c1-12-10-34(11-13(2)33(12)3)20-6-18(25)15(23-31-8-14(7-29)37-23)4-19(20)32-22(36)16-9-30-21(35)5-17(16)24(26,27)28/h4-6,8-9,12-13H,10-11H2,1-3H3,(H,30,35)(H,32,36)/t12-,13+. The smallest absolute Gasteiger partial charge is 0.367 e. The molecule has 3 heterocycles. The second-order valence-corrected chi connectivity index (χ2v) is 9.87. The number of likely N-dealkylation sites (N-methyl/N-ethyl adjacent to an activating group) is 1. The number of thiazole rings is 1. The lowest BCUT2D eigenvalue weighted by Gasteiger charge is -2.44. The minimum Gasteiger partial charge on any atom is -0.367 e. The number of carbonyl (C=O) groups excluding carboxylic acids is 1. The molecule has 0 bridgehead atoms. The summed E-state index contributed by atoms with van der Waals surface area (Å²) < 4.78 is 56.0. The number of amides is 1. The molecule has 1 fully saturated rings. The van der Waals surface area contributed by atoms with Gasteiger partial charge in [-0.15, -0.1) is 11.3 Å². The number of aromatic amines is 1. The van der Waals surface area contributed by atoms with Crippen LogP contribution in [0.2, 0.25) is 0 Å². The minimum absolute atomic E-state index is 0.0155. The Kier molecular flexibility index (Phi) is 7.07. The van der Waals surface area contributed by atoms with Gasteiger partial charge in [-0.1, -0.05) is 0 Å². The van der Waals surface area contributed by atoms with Crippen LogP contribution >= 0.6 is 11.3 Å². The van der Waals surface area contributed by atoms with Gasteiger partial charge in [-0.3, -0.25) is 14.5 Å². The summed E-state index contributed by atoms with van der Waals surface area (Å²) >= 11 is 0.940. The molecular weight excluding hydrogens is 512 g/mol. The summed E-state index contributed by atoms with van der Waals surface area (Å²) in [6.07, 6.45) is -2.97. The zero-order valence-electron chi connectivity index (χ0n) is 20.0. The number of pyridine rings is 1. The first-order chi connectivity index (χ1) is 17.4. The van der Waals surface area contributed by atoms with E-state index in [2.05, 4.69) is 20.2 Å². The van der Waals surface area contributed by atoms with Crippen molar-refractivity contribution >= 4 is 28.6 Å². The number of alkyl halides is 3. The second-order valence-electron chi connectivity index (χ2n) is 8.84. The third-order valence-electron chi connectivity index (χ3n) is 6.35. The second kappa shape index (κ2) is 9.95. The summed E-state index contributed by atoms with van der Waals surface area (Å²) in [4.78, 5) is 35.0. The Morgan fingerprint density at radius 2 is 1.92 bits per heavy atom. The molecule has 1 saturated heterocycles. The van der Waals surface area contributed by atoms with Gasteiger partial charge in [-0.2, -0.15) is 18.4 Å². The van der Waals surface area contributed by atoms with E-state index < -0.39 is 34.6 Å². The van der Waals surface area contributed by atoms with Gasteiger partial charge in [0, 0.05) is 49.1 Å². The van der Waals surface area contributed by atoms with Gasteiger partial charge in [-0.05, 0) is 27.0 Å². The van der Waals surface area contributed by atoms with E-state index in [1.807, 2.05) is 31.9 Å². The van der Waals surface area contributed by atoms with E-state index in [1.54, 1.807) is 0 Å². The van der Waals surface area contributed by atoms with Crippen LogP contribution in [0.1, 0.15) is 34.6 Å². The molecule has 1 aromatic carbocycles. The van der Waals surface area contributed by atoms with E-state index in [0.29, 0.717) is 25.4 Å². The number of H-pyrrole nitrogens is 1. The van der Waals surface area contributed by atoms with Crippen LogP contribution in [0.4, 0.5) is 28.9 Å². The Hall–Kier alpha value is -3.76. The summed E-state index contributed by atoms with van der Waals surface area (Å²) in [5, 5.41) is 11.8. The fraction of sp³-hybridized carbons (Fsp3) is 0.333. The van der Waals surface area contributed by atoms with Crippen LogP contribution in [0.25, 0.3) is 10.6 Å². The van der Waals surface area contributed by atoms with Crippen LogP contribution in [0.15, 0.2) is 35.4 Å². The van der Waals surface area contributed by atoms with Gasteiger partial charge in [-0.25, -0.2) is 9.37 Å². The molecule has 4 rings (SSSR count). The van der Waals surface area contributed by atoms with Crippen LogP contribution in [0, 0.1) is 17.1 Å². The number of nitriles is 1. The van der Waals surface area contributed by atoms with Crippen molar-refractivity contribution in [2.45, 2.75) is 32.1 Å². The number of nitrogens with zero attached hydrogens (tertiary/aromatic N) is 4. The molecule has 194 valence electrons. The first kappa shape index (κ1) is 26.3. The van der Waals surface area contributed by atoms with Crippen molar-refractivity contribution in [2.75, 3.05) is 30.4 Å². The predicted molar refractivity (Wildman–Crippen MR) is 131 cm³/mol. The number of carbonyl (C=O) groups is 1. The highest BCUT2D eigenvalue weighted by atomic mass is 32.1. The first-order valence-electron chi connectivity index (χ1n) is 11.2. The number of halogens is 4. The molecule has 1 aliphatic rings. The maximum Gasteiger partial charge on any atom is 0.417 e. The Morgan fingerprint density at radius 1 is 1.24 bits per heavy atom. The Morgan fingerprint density at radius 3 is 2.51 bits per heavy atom. The van der Waals surface area contributed by atoms with Gasteiger partial charge < -0.3 is 15.2 Å². The lowest BCUT2D eigenvalue weighted by molar-refractivity contribution is -0.138. The van der Waals surface area contributed by atoms with Gasteiger partial charge >= 0.3 is 6.18 Å². The van der Waals surface area contributed by atoms with Gasteiger partial charge in [0.05, 0.1) is 28.7 Å². The Balaban J connectivity index is 1.81. The van der Waals surface area contributed by atoms with Crippen LogP contribution in [0.3, 0.4) is 0 Å². The van der Waals surface area contributed by atoms with Gasteiger partial charge in [0.1, 0.15) is 21.8 Å². The normalized spacial score (nSPS) is 18.5. The molecule has 13 heteroatoms. The SMILES string of the molecule is C[C@@H]1CN(c2cc(F)c(-c3ncc(C#N)s3)cc2NC(=O)c2c[nH]c(=O)cc2C(F)(F)F)C[C@H](C)N1C. The quantitative estimate of drug-likeness (QED) is 0.484. The lowest BCUT2D eigenvalue weighted by Crippen LogP contribution is -2.55. The van der Waals surface area contributed by atoms with Gasteiger partial charge in [0.25, 0.3) is 5.91 Å². The number of benzene rings is 1. The number of hydrogen-bond acceptors (Lipinski definition) is 7. The number of hydrogen-bond donors (Lipinski definition) is 2. The predicted octanol–water partition coefficient (Wildman–Crippen LogP) is 4.31. The topological polar surface area (TPSA) is 105 Å². The summed E-state index contributed by atoms with van der Waals surface area (Å²) in [6.45, 7) is 4.93. The van der Waals surface area contributed by atoms with Crippen molar-refractivity contribution in [1.82, 2.24) is 14.9 Å². The fourth-order valence-electron chi connectivity index (χ4n) is 4.22. The van der Waals surface area contributed by atoms with E-state index in [0.717, 1.165) is 11.3 Å². The molecule has 1 amide bonds. The van der Waals surface area contributed by atoms with Gasteiger partial charge in [0.15, 0.2) is 0 Å². The van der Waals surface area contributed by atoms with Crippen molar-refractivity contribution in [3.8, 4) is 16.6 Å². The molecule has 1 aliphatic heterocycles. The molecule has 0 saturated carbocycles. The first-order valence-corrected chi connectivity index (χ1v) is 12.0. The number of rotatable bonds is 4. The molecule has 2 aromatic heterocycles. The highest BCUT2D eigenvalue weighted by Crippen LogP contribution is 2.38. The van der Waals surface area contributed by atoms with Crippen LogP contribution in [0.5, 0.6) is 0 Å². The van der Waals surface area contributed by atoms with Crippen LogP contribution in [-0.2, 0) is 6.18 Å². The maximum absolute atomic E-state index is 15.3. The minimum atomic E-state index is -4.95. The maximum atomic E-state index is 15.3. The molecule has 2 atom stereocenters. The third-order valence-corrected chi connectivity index (χ3v) is 7.29. The largest absolute Gasteiger partial charge is 0.417 e. The van der Waals surface area contributed by atoms with E-state index in [4.69, 9.17) is 5.26 Å². The lowest BCUT2D eigenvalue weighted by atomic mass is 10.1. The van der Waals surface area contributed by atoms with Crippen molar-refractivity contribution in [3.63, 3.8) is 0 Å². The van der Waals surface area contributed by atoms with E-state index in [1.165, 1.54) is 18.3 Å². The van der Waals surface area contributed by atoms with E-state index in [-0.39, 0.29) is 38.9 Å². The van der Waals surface area contributed by atoms with E-state index >= 15 is 4.39 Å². The molecule has 2 N–H and O–H groups in total. The summed E-state index contributed by atoms with van der Waals surface area (Å²) in [5.41, 5.74) is -2.85. The molecule has 0 spiro atoms. The van der Waals surface area contributed by atoms with Crippen molar-refractivity contribution in [1.29, 1.82) is 5.26 Å². The van der Waals surface area contributed by atoms with Crippen molar-refractivity contribution in [3.05, 3.63) is 62.8 Å². The number of anilines is 2. The number of piperazine rings is 1. The van der Waals surface area contributed by atoms with Crippen LogP contribution < -0.4 is 15.8 Å². The average molecular weight is 535 g/mol.